The monoisotopic (exact) mass is 560 g/mol. The molecular weight excluding hydrogens is 528 g/mol. The van der Waals surface area contributed by atoms with Crippen molar-refractivity contribution < 1.29 is 14.4 Å². The molecule has 3 aromatic heterocycles. The van der Waals surface area contributed by atoms with Gasteiger partial charge in [0.1, 0.15) is 5.69 Å². The molecule has 212 valence electrons. The summed E-state index contributed by atoms with van der Waals surface area (Å²) in [6, 6.07) is 19.5. The van der Waals surface area contributed by atoms with Crippen LogP contribution in [0.4, 0.5) is 5.82 Å². The van der Waals surface area contributed by atoms with Gasteiger partial charge < -0.3 is 15.2 Å². The second-order valence-corrected chi connectivity index (χ2v) is 10.4. The molecule has 0 aliphatic carbocycles. The van der Waals surface area contributed by atoms with E-state index in [1.54, 1.807) is 48.1 Å². The maximum Gasteiger partial charge on any atom is 0.269 e. The van der Waals surface area contributed by atoms with E-state index in [2.05, 4.69) is 34.3 Å². The van der Waals surface area contributed by atoms with Gasteiger partial charge in [0, 0.05) is 54.8 Å². The van der Waals surface area contributed by atoms with Crippen molar-refractivity contribution in [3.8, 4) is 0 Å². The highest BCUT2D eigenvalue weighted by Gasteiger charge is 2.31. The highest BCUT2D eigenvalue weighted by atomic mass is 16.2. The van der Waals surface area contributed by atoms with E-state index in [9.17, 15) is 14.4 Å². The Hall–Kier alpha value is -5.18. The highest BCUT2D eigenvalue weighted by molar-refractivity contribution is 6.03. The molecule has 42 heavy (non-hydrogen) atoms. The Bertz CT molecular complexity index is 1880. The summed E-state index contributed by atoms with van der Waals surface area (Å²) in [5, 5.41) is 6.19. The lowest BCUT2D eigenvalue weighted by Crippen LogP contribution is -2.42. The lowest BCUT2D eigenvalue weighted by atomic mass is 10.0. The number of nitrogens with one attached hydrogen (secondary N) is 2. The molecule has 0 fully saturated rings. The average Bonchev–Trinajstić information content (AvgIpc) is 3.57. The Labute approximate surface area is 243 Å². The Kier molecular flexibility index (Phi) is 7.08. The van der Waals surface area contributed by atoms with E-state index in [-0.39, 0.29) is 24.1 Å². The fourth-order valence-corrected chi connectivity index (χ4v) is 5.71. The molecule has 0 saturated heterocycles. The number of para-hydroxylation sites is 2. The normalized spacial score (nSPS) is 13.2. The van der Waals surface area contributed by atoms with Crippen LogP contribution in [0.25, 0.3) is 27.9 Å². The molecule has 0 atom stereocenters. The van der Waals surface area contributed by atoms with E-state index >= 15 is 0 Å². The van der Waals surface area contributed by atoms with Crippen LogP contribution in [0.3, 0.4) is 0 Å². The summed E-state index contributed by atoms with van der Waals surface area (Å²) in [7, 11) is 3.35. The molecule has 1 aliphatic heterocycles. The summed E-state index contributed by atoms with van der Waals surface area (Å²) in [4.78, 5) is 48.9. The molecule has 2 aromatic carbocycles. The van der Waals surface area contributed by atoms with E-state index in [1.807, 2.05) is 42.5 Å². The Morgan fingerprint density at radius 1 is 1.10 bits per heavy atom. The lowest BCUT2D eigenvalue weighted by molar-refractivity contribution is -0.125. The zero-order chi connectivity index (χ0) is 29.4. The minimum absolute atomic E-state index is 0.126. The average molecular weight is 561 g/mol. The number of hydrogen-bond acceptors (Lipinski definition) is 4. The summed E-state index contributed by atoms with van der Waals surface area (Å²) in [5.41, 5.74) is 6.04. The quantitative estimate of drug-likeness (QED) is 0.278. The molecule has 0 unspecified atom stereocenters. The summed E-state index contributed by atoms with van der Waals surface area (Å²) in [6.07, 6.45) is 6.61. The number of hydrogen-bond donors (Lipinski definition) is 2. The van der Waals surface area contributed by atoms with Crippen LogP contribution >= 0.6 is 0 Å². The third-order valence-electron chi connectivity index (χ3n) is 7.80. The molecular formula is C33H32N6O3. The number of rotatable bonds is 7. The van der Waals surface area contributed by atoms with Gasteiger partial charge in [-0.2, -0.15) is 5.01 Å². The van der Waals surface area contributed by atoms with Gasteiger partial charge in [0.2, 0.25) is 11.8 Å². The van der Waals surface area contributed by atoms with Crippen molar-refractivity contribution in [1.82, 2.24) is 24.9 Å². The molecule has 9 nitrogen and oxygen atoms in total. The predicted octanol–water partition coefficient (Wildman–Crippen LogP) is 4.85. The molecule has 3 amide bonds. The van der Waals surface area contributed by atoms with Crippen LogP contribution in [-0.2, 0) is 29.0 Å². The molecule has 0 saturated carbocycles. The first kappa shape index (κ1) is 27.0. The third-order valence-corrected chi connectivity index (χ3v) is 7.80. The molecule has 9 heteroatoms. The smallest absolute Gasteiger partial charge is 0.269 e. The number of H-pyrrole nitrogens is 1. The number of carbonyl (C=O) groups is 3. The molecule has 4 heterocycles. The first-order valence-electron chi connectivity index (χ1n) is 14.1. The van der Waals surface area contributed by atoms with Crippen LogP contribution in [0.5, 0.6) is 0 Å². The number of carbonyl (C=O) groups excluding carboxylic acids is 3. The van der Waals surface area contributed by atoms with Crippen molar-refractivity contribution >= 4 is 51.4 Å². The van der Waals surface area contributed by atoms with Gasteiger partial charge >= 0.3 is 0 Å². The number of anilines is 1. The number of likely N-dealkylation sites (N-methyl/N-ethyl adjacent to an activating group) is 1. The molecule has 0 spiro atoms. The minimum atomic E-state index is -0.299. The SMILES string of the molecule is CCc1c(CN(C)C(=O)/C=C/c2cnc3c(c2)CCC(=O)N3n2c(C(=O)NC)cc3ccccc32)[nH]c2ccccc12. The standard InChI is InChI=1S/C33H32N6O3/c1-4-24-25-10-6-7-11-26(25)36-27(24)20-37(3)30(40)15-13-21-17-23-14-16-31(41)39(32(23)35-19-21)38-28-12-8-5-9-22(28)18-29(38)33(42)34-2/h5-13,15,17-19,36H,4,14,16,20H2,1-3H3,(H,34,42)/b15-13+. The Balaban J connectivity index is 1.26. The number of amides is 3. The lowest BCUT2D eigenvalue weighted by Gasteiger charge is -2.30. The number of fused-ring (bicyclic) bond motifs is 3. The largest absolute Gasteiger partial charge is 0.357 e. The Morgan fingerprint density at radius 2 is 1.88 bits per heavy atom. The number of aromatic nitrogens is 3. The fraction of sp³-hybridized carbons (Fsp3) is 0.212. The van der Waals surface area contributed by atoms with E-state index in [1.165, 1.54) is 16.0 Å². The van der Waals surface area contributed by atoms with E-state index in [4.69, 9.17) is 0 Å². The van der Waals surface area contributed by atoms with Gasteiger partial charge in [-0.15, -0.1) is 0 Å². The maximum absolute atomic E-state index is 13.3. The molecule has 1 aliphatic rings. The van der Waals surface area contributed by atoms with Crippen LogP contribution < -0.4 is 10.3 Å². The summed E-state index contributed by atoms with van der Waals surface area (Å²) >= 11 is 0. The predicted molar refractivity (Wildman–Crippen MR) is 164 cm³/mol. The molecule has 0 bridgehead atoms. The van der Waals surface area contributed by atoms with Gasteiger partial charge in [0.15, 0.2) is 5.82 Å². The molecule has 2 N–H and O–H groups in total. The second kappa shape index (κ2) is 11.0. The van der Waals surface area contributed by atoms with Gasteiger partial charge in [-0.05, 0) is 59.9 Å². The summed E-state index contributed by atoms with van der Waals surface area (Å²) in [5.74, 6) is -0.0969. The van der Waals surface area contributed by atoms with Crippen molar-refractivity contribution in [3.63, 3.8) is 0 Å². The van der Waals surface area contributed by atoms with E-state index in [0.29, 0.717) is 24.5 Å². The second-order valence-electron chi connectivity index (χ2n) is 10.4. The zero-order valence-electron chi connectivity index (χ0n) is 23.8. The summed E-state index contributed by atoms with van der Waals surface area (Å²) in [6.45, 7) is 2.59. The van der Waals surface area contributed by atoms with Gasteiger partial charge in [-0.1, -0.05) is 43.3 Å². The van der Waals surface area contributed by atoms with Crippen molar-refractivity contribution in [2.24, 2.45) is 0 Å². The van der Waals surface area contributed by atoms with Crippen molar-refractivity contribution in [1.29, 1.82) is 0 Å². The van der Waals surface area contributed by atoms with Crippen molar-refractivity contribution in [2.75, 3.05) is 19.1 Å². The van der Waals surface area contributed by atoms with Crippen LogP contribution in [0.2, 0.25) is 0 Å². The minimum Gasteiger partial charge on any atom is -0.357 e. The van der Waals surface area contributed by atoms with Crippen molar-refractivity contribution in [3.05, 3.63) is 101 Å². The third kappa shape index (κ3) is 4.72. The van der Waals surface area contributed by atoms with Gasteiger partial charge in [-0.3, -0.25) is 14.4 Å². The van der Waals surface area contributed by atoms with Crippen LogP contribution in [0, 0.1) is 0 Å². The van der Waals surface area contributed by atoms with Gasteiger partial charge in [0.25, 0.3) is 5.91 Å². The Morgan fingerprint density at radius 3 is 2.69 bits per heavy atom. The number of aromatic amines is 1. The maximum atomic E-state index is 13.3. The fourth-order valence-electron chi connectivity index (χ4n) is 5.71. The first-order chi connectivity index (χ1) is 20.4. The number of pyridine rings is 1. The molecule has 6 rings (SSSR count). The summed E-state index contributed by atoms with van der Waals surface area (Å²) < 4.78 is 1.64. The van der Waals surface area contributed by atoms with Crippen LogP contribution in [0.15, 0.2) is 72.9 Å². The number of benzene rings is 2. The highest BCUT2D eigenvalue weighted by Crippen LogP contribution is 2.31. The van der Waals surface area contributed by atoms with Gasteiger partial charge in [0.05, 0.1) is 12.1 Å². The van der Waals surface area contributed by atoms with Crippen LogP contribution in [-0.4, -0.2) is 51.4 Å². The van der Waals surface area contributed by atoms with Gasteiger partial charge in [-0.25, -0.2) is 9.66 Å². The number of nitrogens with zero attached hydrogens (tertiary/aromatic N) is 4. The zero-order valence-corrected chi connectivity index (χ0v) is 23.8. The van der Waals surface area contributed by atoms with Crippen molar-refractivity contribution in [2.45, 2.75) is 32.7 Å². The van der Waals surface area contributed by atoms with Crippen LogP contribution in [0.1, 0.15) is 46.2 Å². The number of aryl methyl sites for hydroxylation is 2. The molecule has 5 aromatic rings. The van der Waals surface area contributed by atoms with E-state index in [0.717, 1.165) is 39.7 Å². The van der Waals surface area contributed by atoms with E-state index < -0.39 is 0 Å². The topological polar surface area (TPSA) is 103 Å². The molecule has 0 radical (unpaired) electrons. The first-order valence-corrected chi connectivity index (χ1v) is 14.1.